The zero-order chi connectivity index (χ0) is 13.0. The van der Waals surface area contributed by atoms with Gasteiger partial charge in [-0.25, -0.2) is 14.4 Å². The Kier molecular flexibility index (Phi) is 4.15. The predicted octanol–water partition coefficient (Wildman–Crippen LogP) is 3.26. The summed E-state index contributed by atoms with van der Waals surface area (Å²) in [4.78, 5) is 9.59. The normalized spacial score (nSPS) is 10.4. The molecule has 0 unspecified atom stereocenters. The number of rotatable bonds is 4. The Labute approximate surface area is 110 Å². The predicted molar refractivity (Wildman–Crippen MR) is 72.3 cm³/mol. The number of nitrogens with zero attached hydrogens (tertiary/aromatic N) is 2. The van der Waals surface area contributed by atoms with Crippen molar-refractivity contribution in [1.29, 1.82) is 0 Å². The van der Waals surface area contributed by atoms with E-state index in [-0.39, 0.29) is 5.82 Å². The molecule has 0 aliphatic rings. The van der Waals surface area contributed by atoms with E-state index in [0.717, 1.165) is 22.2 Å². The van der Waals surface area contributed by atoms with Crippen molar-refractivity contribution in [2.24, 2.45) is 0 Å². The molecule has 0 amide bonds. The van der Waals surface area contributed by atoms with Crippen LogP contribution in [0.5, 0.6) is 0 Å². The highest BCUT2D eigenvalue weighted by molar-refractivity contribution is 7.98. The van der Waals surface area contributed by atoms with E-state index in [0.29, 0.717) is 5.75 Å². The summed E-state index contributed by atoms with van der Waals surface area (Å²) in [5.41, 5.74) is 0.921. The van der Waals surface area contributed by atoms with Crippen LogP contribution in [0, 0.1) is 12.7 Å². The van der Waals surface area contributed by atoms with Crippen LogP contribution in [0.15, 0.2) is 35.2 Å². The van der Waals surface area contributed by atoms with E-state index in [2.05, 4.69) is 15.3 Å². The van der Waals surface area contributed by atoms with E-state index >= 15 is 0 Å². The average molecular weight is 263 g/mol. The fraction of sp³-hybridized carbons (Fsp3) is 0.231. The number of anilines is 1. The lowest BCUT2D eigenvalue weighted by molar-refractivity contribution is 0.624. The molecule has 1 aromatic carbocycles. The van der Waals surface area contributed by atoms with Gasteiger partial charge in [0.15, 0.2) is 0 Å². The van der Waals surface area contributed by atoms with E-state index in [4.69, 9.17) is 0 Å². The fourth-order valence-corrected chi connectivity index (χ4v) is 2.32. The van der Waals surface area contributed by atoms with Crippen molar-refractivity contribution in [1.82, 2.24) is 9.97 Å². The van der Waals surface area contributed by atoms with Crippen molar-refractivity contribution >= 4 is 17.6 Å². The van der Waals surface area contributed by atoms with Gasteiger partial charge in [0.25, 0.3) is 0 Å². The van der Waals surface area contributed by atoms with Crippen LogP contribution in [-0.2, 0) is 5.75 Å². The van der Waals surface area contributed by atoms with Gasteiger partial charge in [0.2, 0.25) is 0 Å². The Morgan fingerprint density at radius 1 is 1.28 bits per heavy atom. The van der Waals surface area contributed by atoms with Gasteiger partial charge in [0.05, 0.1) is 5.75 Å². The smallest absolute Gasteiger partial charge is 0.141 e. The summed E-state index contributed by atoms with van der Waals surface area (Å²) >= 11 is 1.52. The zero-order valence-corrected chi connectivity index (χ0v) is 11.1. The Hall–Kier alpha value is -1.62. The molecule has 0 saturated heterocycles. The molecule has 5 heteroatoms. The van der Waals surface area contributed by atoms with Gasteiger partial charge < -0.3 is 5.32 Å². The lowest BCUT2D eigenvalue weighted by Gasteiger charge is -2.05. The Morgan fingerprint density at radius 3 is 2.83 bits per heavy atom. The van der Waals surface area contributed by atoms with Gasteiger partial charge in [-0.15, -0.1) is 11.8 Å². The molecular formula is C13H14FN3S. The van der Waals surface area contributed by atoms with Crippen molar-refractivity contribution in [2.45, 2.75) is 17.6 Å². The van der Waals surface area contributed by atoms with E-state index in [1.54, 1.807) is 6.07 Å². The molecule has 2 rings (SSSR count). The molecule has 0 fully saturated rings. The molecule has 1 N–H and O–H groups in total. The molecule has 0 saturated carbocycles. The maximum Gasteiger partial charge on any atom is 0.141 e. The van der Waals surface area contributed by atoms with Gasteiger partial charge in [-0.2, -0.15) is 0 Å². The fourth-order valence-electron chi connectivity index (χ4n) is 1.53. The minimum Gasteiger partial charge on any atom is -0.373 e. The summed E-state index contributed by atoms with van der Waals surface area (Å²) < 4.78 is 13.0. The van der Waals surface area contributed by atoms with Gasteiger partial charge in [0.1, 0.15) is 17.5 Å². The lowest BCUT2D eigenvalue weighted by Crippen LogP contribution is -2.00. The quantitative estimate of drug-likeness (QED) is 0.859. The van der Waals surface area contributed by atoms with Crippen LogP contribution in [0.3, 0.4) is 0 Å². The summed E-state index contributed by atoms with van der Waals surface area (Å²) in [6.45, 7) is 1.93. The first-order chi connectivity index (χ1) is 8.67. The monoisotopic (exact) mass is 263 g/mol. The van der Waals surface area contributed by atoms with Crippen LogP contribution in [0.1, 0.15) is 11.5 Å². The number of hydrogen-bond acceptors (Lipinski definition) is 4. The van der Waals surface area contributed by atoms with Gasteiger partial charge >= 0.3 is 0 Å². The van der Waals surface area contributed by atoms with Crippen molar-refractivity contribution in [3.05, 3.63) is 47.7 Å². The molecule has 1 heterocycles. The Morgan fingerprint density at radius 2 is 2.11 bits per heavy atom. The van der Waals surface area contributed by atoms with Crippen LogP contribution < -0.4 is 5.32 Å². The molecule has 0 atom stereocenters. The van der Waals surface area contributed by atoms with E-state index in [1.807, 2.05) is 26.1 Å². The molecular weight excluding hydrogens is 249 g/mol. The summed E-state index contributed by atoms with van der Waals surface area (Å²) in [5.74, 6) is 1.95. The average Bonchev–Trinajstić information content (AvgIpc) is 2.36. The van der Waals surface area contributed by atoms with Crippen LogP contribution >= 0.6 is 11.8 Å². The van der Waals surface area contributed by atoms with Crippen LogP contribution in [0.25, 0.3) is 0 Å². The van der Waals surface area contributed by atoms with Gasteiger partial charge in [-0.1, -0.05) is 6.07 Å². The number of aromatic nitrogens is 2. The van der Waals surface area contributed by atoms with Gasteiger partial charge in [-0.05, 0) is 25.1 Å². The molecule has 2 aromatic rings. The highest BCUT2D eigenvalue weighted by Gasteiger charge is 2.03. The number of thioether (sulfide) groups is 1. The third-order valence-electron chi connectivity index (χ3n) is 2.32. The van der Waals surface area contributed by atoms with E-state index in [1.165, 1.54) is 23.9 Å². The first kappa shape index (κ1) is 12.8. The van der Waals surface area contributed by atoms with Crippen molar-refractivity contribution in [3.8, 4) is 0 Å². The summed E-state index contributed by atoms with van der Waals surface area (Å²) in [7, 11) is 1.82. The summed E-state index contributed by atoms with van der Waals surface area (Å²) in [6.07, 6.45) is 0. The molecule has 0 bridgehead atoms. The van der Waals surface area contributed by atoms with Crippen molar-refractivity contribution in [3.63, 3.8) is 0 Å². The minimum atomic E-state index is -0.221. The molecule has 0 aliphatic heterocycles. The number of benzene rings is 1. The molecule has 18 heavy (non-hydrogen) atoms. The summed E-state index contributed by atoms with van der Waals surface area (Å²) in [6, 6.07) is 8.42. The largest absolute Gasteiger partial charge is 0.373 e. The molecule has 3 nitrogen and oxygen atoms in total. The maximum atomic E-state index is 13.0. The van der Waals surface area contributed by atoms with Crippen LogP contribution in [0.2, 0.25) is 0 Å². The number of nitrogens with one attached hydrogen (secondary N) is 1. The molecule has 0 spiro atoms. The van der Waals surface area contributed by atoms with Crippen LogP contribution in [-0.4, -0.2) is 17.0 Å². The van der Waals surface area contributed by atoms with E-state index in [9.17, 15) is 4.39 Å². The van der Waals surface area contributed by atoms with Gasteiger partial charge in [-0.3, -0.25) is 0 Å². The Bertz CT molecular complexity index is 546. The second-order valence-corrected chi connectivity index (χ2v) is 4.86. The highest BCUT2D eigenvalue weighted by atomic mass is 32.2. The van der Waals surface area contributed by atoms with Gasteiger partial charge in [0, 0.05) is 23.7 Å². The van der Waals surface area contributed by atoms with E-state index < -0.39 is 0 Å². The molecule has 1 aromatic heterocycles. The summed E-state index contributed by atoms with van der Waals surface area (Å²) in [5, 5.41) is 3.00. The first-order valence-corrected chi connectivity index (χ1v) is 6.56. The molecule has 0 radical (unpaired) electrons. The van der Waals surface area contributed by atoms with Crippen LogP contribution in [0.4, 0.5) is 10.2 Å². The lowest BCUT2D eigenvalue weighted by atomic mass is 10.4. The highest BCUT2D eigenvalue weighted by Crippen LogP contribution is 2.22. The molecule has 0 aliphatic carbocycles. The number of hydrogen-bond donors (Lipinski definition) is 1. The SMILES string of the molecule is CNc1cc(C)nc(CSc2cccc(F)c2)n1. The third kappa shape index (κ3) is 3.43. The first-order valence-electron chi connectivity index (χ1n) is 5.58. The van der Waals surface area contributed by atoms with Crippen molar-refractivity contribution < 1.29 is 4.39 Å². The number of aryl methyl sites for hydroxylation is 1. The number of halogens is 1. The second-order valence-electron chi connectivity index (χ2n) is 3.81. The zero-order valence-electron chi connectivity index (χ0n) is 10.3. The second kappa shape index (κ2) is 5.82. The Balaban J connectivity index is 2.08. The molecule has 94 valence electrons. The maximum absolute atomic E-state index is 13.0. The minimum absolute atomic E-state index is 0.221. The van der Waals surface area contributed by atoms with Crippen molar-refractivity contribution in [2.75, 3.05) is 12.4 Å². The standard InChI is InChI=1S/C13H14FN3S/c1-9-6-12(15-2)17-13(16-9)8-18-11-5-3-4-10(14)7-11/h3-7H,8H2,1-2H3,(H,15,16,17). The third-order valence-corrected chi connectivity index (χ3v) is 3.31. The topological polar surface area (TPSA) is 37.8 Å².